The zero-order valence-electron chi connectivity index (χ0n) is 18.9. The fraction of sp³-hybridized carbons (Fsp3) is 0.154. The second-order valence-corrected chi connectivity index (χ2v) is 9.19. The number of Topliss-reactive ketones (excluding diaryl/α,β-unsaturated/α-hetero) is 1. The highest BCUT2D eigenvalue weighted by Gasteiger charge is 2.22. The van der Waals surface area contributed by atoms with Crippen LogP contribution in [0.2, 0.25) is 0 Å². The van der Waals surface area contributed by atoms with Gasteiger partial charge in [-0.1, -0.05) is 18.7 Å². The van der Waals surface area contributed by atoms with Crippen LogP contribution in [0.3, 0.4) is 0 Å². The SMILES string of the molecule is C=CC(=O)Nc1cc(C(=N)CC(=O)c2ccc3sc4c(c3c2)N/C=C/C[C@@H](C)NC4=O)ccc1F. The van der Waals surface area contributed by atoms with Gasteiger partial charge in [-0.3, -0.25) is 14.4 Å². The number of fused-ring (bicyclic) bond motifs is 3. The van der Waals surface area contributed by atoms with Gasteiger partial charge in [0, 0.05) is 27.4 Å². The summed E-state index contributed by atoms with van der Waals surface area (Å²) in [5.74, 6) is -1.70. The Hall–Kier alpha value is -4.11. The summed E-state index contributed by atoms with van der Waals surface area (Å²) in [4.78, 5) is 37.8. The van der Waals surface area contributed by atoms with Crippen LogP contribution in [-0.4, -0.2) is 29.4 Å². The third kappa shape index (κ3) is 5.20. The predicted molar refractivity (Wildman–Crippen MR) is 137 cm³/mol. The van der Waals surface area contributed by atoms with Crippen LogP contribution in [0.25, 0.3) is 10.1 Å². The number of thiophene rings is 1. The van der Waals surface area contributed by atoms with E-state index in [1.807, 2.05) is 13.0 Å². The maximum Gasteiger partial charge on any atom is 0.263 e. The topological polar surface area (TPSA) is 111 Å². The zero-order chi connectivity index (χ0) is 25.1. The summed E-state index contributed by atoms with van der Waals surface area (Å²) in [6.45, 7) is 5.27. The van der Waals surface area contributed by atoms with E-state index in [4.69, 9.17) is 5.41 Å². The molecule has 4 N–H and O–H groups in total. The van der Waals surface area contributed by atoms with Crippen molar-refractivity contribution < 1.29 is 18.8 Å². The molecule has 0 spiro atoms. The van der Waals surface area contributed by atoms with Gasteiger partial charge in [-0.15, -0.1) is 11.3 Å². The molecular weight excluding hydrogens is 467 g/mol. The molecule has 1 atom stereocenters. The van der Waals surface area contributed by atoms with Gasteiger partial charge in [-0.05, 0) is 61.5 Å². The van der Waals surface area contributed by atoms with E-state index in [-0.39, 0.29) is 35.6 Å². The summed E-state index contributed by atoms with van der Waals surface area (Å²) in [7, 11) is 0. The standard InChI is InChI=1S/C26H23FN4O3S/c1-3-23(33)31-20-12-15(6-8-18(20)27)19(28)13-21(32)16-7-9-22-17(11-16)24-25(35-22)26(34)30-14(2)5-4-10-29-24/h3-4,6-12,14,28-29H,1,5,13H2,2H3,(H,30,34)(H,31,33)/b10-4+,28-19?/t14-/m1/s1. The van der Waals surface area contributed by atoms with Crippen LogP contribution in [-0.2, 0) is 4.79 Å². The summed E-state index contributed by atoms with van der Waals surface area (Å²) in [6.07, 6.45) is 5.22. The molecule has 1 aromatic heterocycles. The Kier molecular flexibility index (Phi) is 6.88. The van der Waals surface area contributed by atoms with Crippen LogP contribution in [0.5, 0.6) is 0 Å². The number of hydrogen-bond donors (Lipinski definition) is 4. The number of benzene rings is 2. The number of carbonyl (C=O) groups is 3. The first-order chi connectivity index (χ1) is 16.8. The number of anilines is 2. The molecule has 0 unspecified atom stereocenters. The highest BCUT2D eigenvalue weighted by molar-refractivity contribution is 7.21. The number of carbonyl (C=O) groups excluding carboxylic acids is 3. The molecule has 178 valence electrons. The molecule has 1 aliphatic heterocycles. The summed E-state index contributed by atoms with van der Waals surface area (Å²) in [6, 6.07) is 9.01. The molecule has 0 aliphatic carbocycles. The van der Waals surface area contributed by atoms with Crippen molar-refractivity contribution in [3.05, 3.63) is 83.2 Å². The molecule has 7 nitrogen and oxygen atoms in total. The Morgan fingerprint density at radius 3 is 2.80 bits per heavy atom. The van der Waals surface area contributed by atoms with Gasteiger partial charge >= 0.3 is 0 Å². The minimum absolute atomic E-state index is 0.00284. The number of rotatable bonds is 6. The summed E-state index contributed by atoms with van der Waals surface area (Å²) in [5, 5.41) is 17.6. The molecule has 1 aliphatic rings. The van der Waals surface area contributed by atoms with E-state index in [0.29, 0.717) is 28.1 Å². The lowest BCUT2D eigenvalue weighted by Gasteiger charge is -2.10. The average molecular weight is 491 g/mol. The first-order valence-corrected chi connectivity index (χ1v) is 11.7. The molecule has 0 fully saturated rings. The van der Waals surface area contributed by atoms with Crippen molar-refractivity contribution in [1.29, 1.82) is 5.41 Å². The number of amides is 2. The van der Waals surface area contributed by atoms with Crippen molar-refractivity contribution in [2.45, 2.75) is 25.8 Å². The van der Waals surface area contributed by atoms with Crippen molar-refractivity contribution in [1.82, 2.24) is 5.32 Å². The third-order valence-corrected chi connectivity index (χ3v) is 6.69. The molecule has 0 bridgehead atoms. The van der Waals surface area contributed by atoms with E-state index in [1.54, 1.807) is 24.4 Å². The summed E-state index contributed by atoms with van der Waals surface area (Å²) >= 11 is 1.34. The maximum absolute atomic E-state index is 14.0. The Morgan fingerprint density at radius 1 is 1.26 bits per heavy atom. The molecule has 3 aromatic rings. The van der Waals surface area contributed by atoms with Crippen LogP contribution >= 0.6 is 11.3 Å². The lowest BCUT2D eigenvalue weighted by molar-refractivity contribution is -0.111. The zero-order valence-corrected chi connectivity index (χ0v) is 19.7. The Bertz CT molecular complexity index is 1410. The van der Waals surface area contributed by atoms with Gasteiger partial charge in [0.2, 0.25) is 5.91 Å². The fourth-order valence-corrected chi connectivity index (χ4v) is 4.74. The van der Waals surface area contributed by atoms with Gasteiger partial charge in [0.05, 0.1) is 17.8 Å². The van der Waals surface area contributed by atoms with Crippen molar-refractivity contribution >= 4 is 56.1 Å². The molecule has 4 rings (SSSR count). The van der Waals surface area contributed by atoms with Crippen LogP contribution in [0.4, 0.5) is 15.8 Å². The van der Waals surface area contributed by atoms with E-state index in [1.165, 1.54) is 23.5 Å². The minimum Gasteiger partial charge on any atom is -0.360 e. The van der Waals surface area contributed by atoms with Gasteiger partial charge < -0.3 is 21.4 Å². The van der Waals surface area contributed by atoms with E-state index >= 15 is 0 Å². The Labute approximate surface area is 205 Å². The van der Waals surface area contributed by atoms with E-state index in [0.717, 1.165) is 22.2 Å². The van der Waals surface area contributed by atoms with Crippen molar-refractivity contribution in [3.8, 4) is 0 Å². The summed E-state index contributed by atoms with van der Waals surface area (Å²) < 4.78 is 14.9. The first-order valence-electron chi connectivity index (χ1n) is 10.9. The minimum atomic E-state index is -0.654. The van der Waals surface area contributed by atoms with Crippen molar-refractivity contribution in [2.75, 3.05) is 10.6 Å². The van der Waals surface area contributed by atoms with Crippen molar-refractivity contribution in [3.63, 3.8) is 0 Å². The number of ketones is 1. The third-order valence-electron chi connectivity index (χ3n) is 5.52. The van der Waals surface area contributed by atoms with Gasteiger partial charge in [0.15, 0.2) is 5.78 Å². The van der Waals surface area contributed by atoms with Crippen LogP contribution < -0.4 is 16.0 Å². The monoisotopic (exact) mass is 490 g/mol. The molecule has 9 heteroatoms. The molecule has 0 saturated carbocycles. The maximum atomic E-state index is 14.0. The lowest BCUT2D eigenvalue weighted by atomic mass is 9.99. The molecule has 2 aromatic carbocycles. The number of nitrogens with one attached hydrogen (secondary N) is 4. The van der Waals surface area contributed by atoms with Gasteiger partial charge in [0.1, 0.15) is 10.7 Å². The molecular formula is C26H23FN4O3S. The Morgan fingerprint density at radius 2 is 2.03 bits per heavy atom. The van der Waals surface area contributed by atoms with Crippen LogP contribution in [0, 0.1) is 11.2 Å². The number of hydrogen-bond acceptors (Lipinski definition) is 6. The highest BCUT2D eigenvalue weighted by Crippen LogP contribution is 2.37. The van der Waals surface area contributed by atoms with Gasteiger partial charge in [0.25, 0.3) is 5.91 Å². The molecule has 2 heterocycles. The Balaban J connectivity index is 1.59. The largest absolute Gasteiger partial charge is 0.360 e. The number of halogens is 1. The lowest BCUT2D eigenvalue weighted by Crippen LogP contribution is -2.31. The molecule has 2 amide bonds. The quantitative estimate of drug-likeness (QED) is 0.215. The normalized spacial score (nSPS) is 16.1. The van der Waals surface area contributed by atoms with E-state index in [2.05, 4.69) is 22.5 Å². The predicted octanol–water partition coefficient (Wildman–Crippen LogP) is 5.25. The molecule has 35 heavy (non-hydrogen) atoms. The second kappa shape index (κ2) is 10.0. The van der Waals surface area contributed by atoms with Gasteiger partial charge in [-0.2, -0.15) is 0 Å². The average Bonchev–Trinajstić information content (AvgIpc) is 3.22. The fourth-order valence-electron chi connectivity index (χ4n) is 3.69. The molecule has 0 saturated heterocycles. The summed E-state index contributed by atoms with van der Waals surface area (Å²) in [5.41, 5.74) is 1.24. The van der Waals surface area contributed by atoms with E-state index < -0.39 is 11.7 Å². The van der Waals surface area contributed by atoms with Crippen LogP contribution in [0.1, 0.15) is 45.4 Å². The highest BCUT2D eigenvalue weighted by atomic mass is 32.1. The smallest absolute Gasteiger partial charge is 0.263 e. The first kappa shape index (κ1) is 24.0. The van der Waals surface area contributed by atoms with Gasteiger partial charge in [-0.25, -0.2) is 4.39 Å². The van der Waals surface area contributed by atoms with Crippen molar-refractivity contribution in [2.24, 2.45) is 0 Å². The van der Waals surface area contributed by atoms with Crippen LogP contribution in [0.15, 0.2) is 61.3 Å². The second-order valence-electron chi connectivity index (χ2n) is 8.14. The molecule has 0 radical (unpaired) electrons. The van der Waals surface area contributed by atoms with E-state index in [9.17, 15) is 18.8 Å².